The van der Waals surface area contributed by atoms with Gasteiger partial charge in [-0.1, -0.05) is 17.7 Å². The molecule has 0 saturated carbocycles. The smallest absolute Gasteiger partial charge is 0.146 e. The van der Waals surface area contributed by atoms with Crippen molar-refractivity contribution in [2.45, 2.75) is 20.8 Å². The molecular weight excluding hydrogens is 274 g/mol. The second kappa shape index (κ2) is 5.51. The van der Waals surface area contributed by atoms with Gasteiger partial charge in [0.05, 0.1) is 16.3 Å². The summed E-state index contributed by atoms with van der Waals surface area (Å²) in [6, 6.07) is 7.29. The van der Waals surface area contributed by atoms with Gasteiger partial charge in [0.15, 0.2) is 0 Å². The van der Waals surface area contributed by atoms with E-state index in [4.69, 9.17) is 27.5 Å². The van der Waals surface area contributed by atoms with Crippen molar-refractivity contribution in [1.82, 2.24) is 4.98 Å². The van der Waals surface area contributed by atoms with Crippen LogP contribution in [-0.4, -0.2) is 10.8 Å². The van der Waals surface area contributed by atoms with Crippen LogP contribution >= 0.6 is 11.6 Å². The van der Waals surface area contributed by atoms with E-state index in [0.29, 0.717) is 27.8 Å². The summed E-state index contributed by atoms with van der Waals surface area (Å²) < 4.78 is 5.83. The van der Waals surface area contributed by atoms with Crippen LogP contribution in [-0.2, 0) is 0 Å². The highest BCUT2D eigenvalue weighted by Crippen LogP contribution is 2.32. The number of benzene rings is 1. The van der Waals surface area contributed by atoms with Crippen molar-refractivity contribution in [2.75, 3.05) is 0 Å². The quantitative estimate of drug-likeness (QED) is 0.668. The molecule has 0 atom stereocenters. The second-order valence-corrected chi connectivity index (χ2v) is 5.08. The Morgan fingerprint density at radius 2 is 1.90 bits per heavy atom. The molecule has 0 radical (unpaired) electrons. The third kappa shape index (κ3) is 2.91. The minimum absolute atomic E-state index is 0.0757. The van der Waals surface area contributed by atoms with Crippen LogP contribution in [0.2, 0.25) is 5.02 Å². The molecule has 104 valence electrons. The highest BCUT2D eigenvalue weighted by atomic mass is 35.5. The van der Waals surface area contributed by atoms with Crippen LogP contribution in [0.3, 0.4) is 0 Å². The molecular formula is C15H16ClN3O. The molecule has 2 rings (SSSR count). The Hall–Kier alpha value is -2.07. The number of aromatic nitrogens is 1. The number of amidine groups is 1. The van der Waals surface area contributed by atoms with Crippen molar-refractivity contribution >= 4 is 17.4 Å². The van der Waals surface area contributed by atoms with Crippen LogP contribution in [0.5, 0.6) is 11.5 Å². The SMILES string of the molecule is Cc1ccc(Oc2cc(C)nc(C)c2C(=N)N)c(Cl)c1. The Morgan fingerprint density at radius 1 is 1.20 bits per heavy atom. The zero-order valence-corrected chi connectivity index (χ0v) is 12.4. The van der Waals surface area contributed by atoms with Gasteiger partial charge in [0, 0.05) is 11.8 Å². The van der Waals surface area contributed by atoms with Crippen LogP contribution in [0.25, 0.3) is 0 Å². The second-order valence-electron chi connectivity index (χ2n) is 4.67. The van der Waals surface area contributed by atoms with Crippen molar-refractivity contribution in [3.63, 3.8) is 0 Å². The standard InChI is InChI=1S/C15H16ClN3O/c1-8-4-5-12(11(16)6-8)20-13-7-9(2)19-10(3)14(13)15(17)18/h4-7H,1-3H3,(H3,17,18). The molecule has 4 nitrogen and oxygen atoms in total. The molecule has 0 aliphatic carbocycles. The molecule has 0 saturated heterocycles. The Labute approximate surface area is 123 Å². The van der Waals surface area contributed by atoms with Gasteiger partial charge in [-0.25, -0.2) is 0 Å². The van der Waals surface area contributed by atoms with Crippen LogP contribution in [0.1, 0.15) is 22.5 Å². The van der Waals surface area contributed by atoms with Gasteiger partial charge in [0.1, 0.15) is 17.3 Å². The van der Waals surface area contributed by atoms with E-state index in [9.17, 15) is 0 Å². The third-order valence-corrected chi connectivity index (χ3v) is 3.16. The van der Waals surface area contributed by atoms with E-state index >= 15 is 0 Å². The van der Waals surface area contributed by atoms with Crippen LogP contribution in [0.4, 0.5) is 0 Å². The number of aryl methyl sites for hydroxylation is 3. The molecule has 5 heteroatoms. The lowest BCUT2D eigenvalue weighted by molar-refractivity contribution is 0.479. The highest BCUT2D eigenvalue weighted by molar-refractivity contribution is 6.32. The first-order valence-electron chi connectivity index (χ1n) is 6.15. The fraction of sp³-hybridized carbons (Fsp3) is 0.200. The topological polar surface area (TPSA) is 72.0 Å². The minimum atomic E-state index is -0.0757. The maximum atomic E-state index is 7.67. The van der Waals surface area contributed by atoms with E-state index in [1.807, 2.05) is 26.0 Å². The normalized spacial score (nSPS) is 10.4. The summed E-state index contributed by atoms with van der Waals surface area (Å²) in [5, 5.41) is 8.19. The lowest BCUT2D eigenvalue weighted by atomic mass is 10.1. The molecule has 20 heavy (non-hydrogen) atoms. The van der Waals surface area contributed by atoms with Crippen molar-refractivity contribution in [3.8, 4) is 11.5 Å². The lowest BCUT2D eigenvalue weighted by Crippen LogP contribution is -2.15. The zero-order valence-electron chi connectivity index (χ0n) is 11.6. The van der Waals surface area contributed by atoms with Gasteiger partial charge in [0.2, 0.25) is 0 Å². The maximum Gasteiger partial charge on any atom is 0.146 e. The summed E-state index contributed by atoms with van der Waals surface area (Å²) in [7, 11) is 0. The highest BCUT2D eigenvalue weighted by Gasteiger charge is 2.14. The number of nitrogens with zero attached hydrogens (tertiary/aromatic N) is 1. The zero-order chi connectivity index (χ0) is 14.9. The predicted octanol–water partition coefficient (Wildman–Crippen LogP) is 3.74. The number of ether oxygens (including phenoxy) is 1. The van der Waals surface area contributed by atoms with Gasteiger partial charge in [0.25, 0.3) is 0 Å². The minimum Gasteiger partial charge on any atom is -0.455 e. The largest absolute Gasteiger partial charge is 0.455 e. The number of halogens is 1. The summed E-state index contributed by atoms with van der Waals surface area (Å²) in [6.45, 7) is 5.62. The van der Waals surface area contributed by atoms with Crippen molar-refractivity contribution < 1.29 is 4.74 Å². The average molecular weight is 290 g/mol. The van der Waals surface area contributed by atoms with Crippen LogP contribution in [0, 0.1) is 26.2 Å². The van der Waals surface area contributed by atoms with Gasteiger partial charge in [-0.05, 0) is 38.5 Å². The number of rotatable bonds is 3. The van der Waals surface area contributed by atoms with E-state index in [2.05, 4.69) is 4.98 Å². The monoisotopic (exact) mass is 289 g/mol. The van der Waals surface area contributed by atoms with Gasteiger partial charge >= 0.3 is 0 Å². The number of hydrogen-bond acceptors (Lipinski definition) is 3. The molecule has 0 fully saturated rings. The summed E-state index contributed by atoms with van der Waals surface area (Å²) in [4.78, 5) is 4.30. The van der Waals surface area contributed by atoms with Crippen LogP contribution < -0.4 is 10.5 Å². The molecule has 0 spiro atoms. The van der Waals surface area contributed by atoms with E-state index in [1.54, 1.807) is 19.1 Å². The fourth-order valence-corrected chi connectivity index (χ4v) is 2.28. The molecule has 3 N–H and O–H groups in total. The Kier molecular flexibility index (Phi) is 3.95. The van der Waals surface area contributed by atoms with E-state index in [0.717, 1.165) is 11.3 Å². The van der Waals surface area contributed by atoms with Crippen molar-refractivity contribution in [1.29, 1.82) is 5.41 Å². The van der Waals surface area contributed by atoms with Gasteiger partial charge in [-0.15, -0.1) is 0 Å². The van der Waals surface area contributed by atoms with Gasteiger partial charge in [-0.3, -0.25) is 10.4 Å². The first-order valence-corrected chi connectivity index (χ1v) is 6.53. The molecule has 0 aliphatic heterocycles. The third-order valence-electron chi connectivity index (χ3n) is 2.87. The molecule has 1 aromatic carbocycles. The Bertz CT molecular complexity index is 683. The van der Waals surface area contributed by atoms with Crippen molar-refractivity contribution in [2.24, 2.45) is 5.73 Å². The summed E-state index contributed by atoms with van der Waals surface area (Å²) in [6.07, 6.45) is 0. The molecule has 0 amide bonds. The Balaban J connectivity index is 2.50. The predicted molar refractivity (Wildman–Crippen MR) is 81.0 cm³/mol. The van der Waals surface area contributed by atoms with Crippen LogP contribution in [0.15, 0.2) is 24.3 Å². The first kappa shape index (κ1) is 14.3. The molecule has 0 bridgehead atoms. The molecule has 0 unspecified atom stereocenters. The van der Waals surface area contributed by atoms with E-state index in [-0.39, 0.29) is 5.84 Å². The van der Waals surface area contributed by atoms with Gasteiger partial charge < -0.3 is 10.5 Å². The Morgan fingerprint density at radius 3 is 2.50 bits per heavy atom. The fourth-order valence-electron chi connectivity index (χ4n) is 2.01. The summed E-state index contributed by atoms with van der Waals surface area (Å²) in [5.74, 6) is 0.950. The molecule has 1 aromatic heterocycles. The molecule has 0 aliphatic rings. The summed E-state index contributed by atoms with van der Waals surface area (Å²) in [5.41, 5.74) is 8.62. The number of nitrogen functional groups attached to an aromatic ring is 1. The number of hydrogen-bond donors (Lipinski definition) is 2. The van der Waals surface area contributed by atoms with E-state index in [1.165, 1.54) is 0 Å². The first-order chi connectivity index (χ1) is 9.38. The van der Waals surface area contributed by atoms with E-state index < -0.39 is 0 Å². The lowest BCUT2D eigenvalue weighted by Gasteiger charge is -2.14. The number of pyridine rings is 1. The molecule has 1 heterocycles. The maximum absolute atomic E-state index is 7.67. The number of nitrogens with two attached hydrogens (primary N) is 1. The number of nitrogens with one attached hydrogen (secondary N) is 1. The van der Waals surface area contributed by atoms with Crippen molar-refractivity contribution in [3.05, 3.63) is 51.8 Å². The summed E-state index contributed by atoms with van der Waals surface area (Å²) >= 11 is 6.17. The van der Waals surface area contributed by atoms with Gasteiger partial charge in [-0.2, -0.15) is 0 Å². The molecule has 2 aromatic rings. The average Bonchev–Trinajstić information content (AvgIpc) is 2.31.